The predicted molar refractivity (Wildman–Crippen MR) is 75.2 cm³/mol. The quantitative estimate of drug-likeness (QED) is 0.757. The number of ether oxygens (including phenoxy) is 1. The van der Waals surface area contributed by atoms with E-state index in [9.17, 15) is 9.59 Å². The fourth-order valence-corrected chi connectivity index (χ4v) is 1.82. The number of aryl methyl sites for hydroxylation is 1. The molecule has 1 rings (SSSR count). The number of anilines is 1. The molecule has 7 heteroatoms. The number of H-pyrrole nitrogens is 1. The first-order valence-electron chi connectivity index (χ1n) is 6.62. The van der Waals surface area contributed by atoms with Crippen molar-refractivity contribution in [3.63, 3.8) is 0 Å². The van der Waals surface area contributed by atoms with Crippen LogP contribution in [0.3, 0.4) is 0 Å². The molecule has 0 aliphatic heterocycles. The number of rotatable bonds is 6. The Hall–Kier alpha value is -2.05. The first-order valence-corrected chi connectivity index (χ1v) is 6.62. The molecule has 0 saturated heterocycles. The molecule has 1 amide bonds. The maximum Gasteiger partial charge on any atom is 0.325 e. The molecular formula is C13H22N4O3. The zero-order valence-corrected chi connectivity index (χ0v) is 12.4. The Morgan fingerprint density at radius 3 is 2.60 bits per heavy atom. The van der Waals surface area contributed by atoms with Gasteiger partial charge in [0.1, 0.15) is 6.54 Å². The molecule has 0 aromatic carbocycles. The summed E-state index contributed by atoms with van der Waals surface area (Å²) in [5.41, 5.74) is 7.19. The highest BCUT2D eigenvalue weighted by molar-refractivity contribution is 5.99. The van der Waals surface area contributed by atoms with Gasteiger partial charge in [0.2, 0.25) is 0 Å². The van der Waals surface area contributed by atoms with Crippen molar-refractivity contribution < 1.29 is 14.3 Å². The van der Waals surface area contributed by atoms with Crippen LogP contribution >= 0.6 is 0 Å². The van der Waals surface area contributed by atoms with Gasteiger partial charge >= 0.3 is 5.97 Å². The van der Waals surface area contributed by atoms with Crippen molar-refractivity contribution >= 4 is 17.6 Å². The van der Waals surface area contributed by atoms with Crippen LogP contribution in [0.5, 0.6) is 0 Å². The van der Waals surface area contributed by atoms with Gasteiger partial charge in [-0.15, -0.1) is 0 Å². The molecule has 0 fully saturated rings. The van der Waals surface area contributed by atoms with Crippen molar-refractivity contribution in [2.75, 3.05) is 19.4 Å². The van der Waals surface area contributed by atoms with Crippen molar-refractivity contribution in [2.24, 2.45) is 0 Å². The van der Waals surface area contributed by atoms with E-state index in [1.165, 1.54) is 12.0 Å². The van der Waals surface area contributed by atoms with Crippen molar-refractivity contribution in [3.8, 4) is 0 Å². The summed E-state index contributed by atoms with van der Waals surface area (Å²) < 4.78 is 4.60. The molecule has 0 unspecified atom stereocenters. The fourth-order valence-electron chi connectivity index (χ4n) is 1.82. The van der Waals surface area contributed by atoms with E-state index < -0.39 is 5.97 Å². The van der Waals surface area contributed by atoms with Gasteiger partial charge in [0.05, 0.1) is 18.5 Å². The van der Waals surface area contributed by atoms with E-state index in [1.54, 1.807) is 0 Å². The standard InChI is InChI=1S/C13H22N4O3/c1-5-6-9-11(14)12(16-15-9)13(19)17(8(2)3)7-10(18)20-4/h8H,5-7,14H2,1-4H3,(H,15,16). The lowest BCUT2D eigenvalue weighted by Crippen LogP contribution is -2.41. The number of nitrogens with two attached hydrogens (primary N) is 1. The van der Waals surface area contributed by atoms with Gasteiger partial charge < -0.3 is 15.4 Å². The van der Waals surface area contributed by atoms with E-state index in [0.717, 1.165) is 18.5 Å². The number of esters is 1. The van der Waals surface area contributed by atoms with Gasteiger partial charge in [0.15, 0.2) is 5.69 Å². The Kier molecular flexibility index (Phi) is 5.54. The monoisotopic (exact) mass is 282 g/mol. The first-order chi connectivity index (χ1) is 9.42. The van der Waals surface area contributed by atoms with Crippen LogP contribution in [0.2, 0.25) is 0 Å². The van der Waals surface area contributed by atoms with Crippen LogP contribution in [0, 0.1) is 0 Å². The van der Waals surface area contributed by atoms with E-state index in [4.69, 9.17) is 5.73 Å². The molecule has 0 bridgehead atoms. The molecule has 0 spiro atoms. The van der Waals surface area contributed by atoms with Gasteiger partial charge in [0.25, 0.3) is 5.91 Å². The van der Waals surface area contributed by atoms with Crippen molar-refractivity contribution in [1.29, 1.82) is 0 Å². The second kappa shape index (κ2) is 6.93. The zero-order valence-electron chi connectivity index (χ0n) is 12.4. The van der Waals surface area contributed by atoms with Crippen LogP contribution in [0.1, 0.15) is 43.4 Å². The molecular weight excluding hydrogens is 260 g/mol. The summed E-state index contributed by atoms with van der Waals surface area (Å²) in [7, 11) is 1.29. The van der Waals surface area contributed by atoms with E-state index in [-0.39, 0.29) is 24.2 Å². The number of hydrogen-bond donors (Lipinski definition) is 2. The number of nitrogens with one attached hydrogen (secondary N) is 1. The van der Waals surface area contributed by atoms with Crippen LogP contribution in [-0.2, 0) is 16.0 Å². The molecule has 7 nitrogen and oxygen atoms in total. The molecule has 0 radical (unpaired) electrons. The number of aromatic nitrogens is 2. The summed E-state index contributed by atoms with van der Waals surface area (Å²) in [6.45, 7) is 5.52. The smallest absolute Gasteiger partial charge is 0.325 e. The van der Waals surface area contributed by atoms with Gasteiger partial charge in [-0.3, -0.25) is 14.7 Å². The molecule has 3 N–H and O–H groups in total. The first kappa shape index (κ1) is 16.0. The summed E-state index contributed by atoms with van der Waals surface area (Å²) in [4.78, 5) is 25.2. The number of nitrogens with zero attached hydrogens (tertiary/aromatic N) is 2. The number of carbonyl (C=O) groups excluding carboxylic acids is 2. The number of aromatic amines is 1. The van der Waals surface area contributed by atoms with Gasteiger partial charge in [-0.1, -0.05) is 13.3 Å². The lowest BCUT2D eigenvalue weighted by Gasteiger charge is -2.24. The average molecular weight is 282 g/mol. The molecule has 112 valence electrons. The average Bonchev–Trinajstić information content (AvgIpc) is 2.76. The third-order valence-electron chi connectivity index (χ3n) is 3.00. The second-order valence-corrected chi connectivity index (χ2v) is 4.82. The van der Waals surface area contributed by atoms with Crippen LogP contribution in [0.25, 0.3) is 0 Å². The highest BCUT2D eigenvalue weighted by Gasteiger charge is 2.26. The third-order valence-corrected chi connectivity index (χ3v) is 3.00. The minimum absolute atomic E-state index is 0.123. The number of hydrogen-bond acceptors (Lipinski definition) is 5. The Morgan fingerprint density at radius 1 is 1.45 bits per heavy atom. The largest absolute Gasteiger partial charge is 0.468 e. The summed E-state index contributed by atoms with van der Waals surface area (Å²) in [6, 6.07) is -0.160. The zero-order chi connectivity index (χ0) is 15.3. The van der Waals surface area contributed by atoms with Crippen molar-refractivity contribution in [2.45, 2.75) is 39.7 Å². The highest BCUT2D eigenvalue weighted by Crippen LogP contribution is 2.18. The summed E-state index contributed by atoms with van der Waals surface area (Å²) in [5, 5.41) is 6.76. The SMILES string of the molecule is CCCc1[nH]nc(C(=O)N(CC(=O)OC)C(C)C)c1N. The Morgan fingerprint density at radius 2 is 2.10 bits per heavy atom. The van der Waals surface area contributed by atoms with Gasteiger partial charge in [-0.2, -0.15) is 5.10 Å². The third kappa shape index (κ3) is 3.49. The van der Waals surface area contributed by atoms with Gasteiger partial charge in [0, 0.05) is 6.04 Å². The van der Waals surface area contributed by atoms with E-state index >= 15 is 0 Å². The van der Waals surface area contributed by atoms with Gasteiger partial charge in [-0.05, 0) is 20.3 Å². The number of nitrogen functional groups attached to an aromatic ring is 1. The van der Waals surface area contributed by atoms with Gasteiger partial charge in [-0.25, -0.2) is 0 Å². The number of carbonyl (C=O) groups is 2. The lowest BCUT2D eigenvalue weighted by atomic mass is 10.2. The normalized spacial score (nSPS) is 10.7. The van der Waals surface area contributed by atoms with Crippen LogP contribution in [-0.4, -0.2) is 46.7 Å². The minimum atomic E-state index is -0.477. The molecule has 0 atom stereocenters. The number of amides is 1. The molecule has 1 heterocycles. The summed E-state index contributed by atoms with van der Waals surface area (Å²) in [5.74, 6) is -0.851. The Bertz CT molecular complexity index is 482. The van der Waals surface area contributed by atoms with Crippen LogP contribution in [0.15, 0.2) is 0 Å². The molecule has 1 aromatic rings. The molecule has 0 aliphatic carbocycles. The van der Waals surface area contributed by atoms with Crippen LogP contribution in [0.4, 0.5) is 5.69 Å². The topological polar surface area (TPSA) is 101 Å². The van der Waals surface area contributed by atoms with Crippen molar-refractivity contribution in [3.05, 3.63) is 11.4 Å². The van der Waals surface area contributed by atoms with E-state index in [2.05, 4.69) is 14.9 Å². The molecule has 20 heavy (non-hydrogen) atoms. The fraction of sp³-hybridized carbons (Fsp3) is 0.615. The molecule has 0 saturated carbocycles. The van der Waals surface area contributed by atoms with Crippen molar-refractivity contribution in [1.82, 2.24) is 15.1 Å². The van der Waals surface area contributed by atoms with E-state index in [0.29, 0.717) is 5.69 Å². The molecule has 0 aliphatic rings. The summed E-state index contributed by atoms with van der Waals surface area (Å²) in [6.07, 6.45) is 1.63. The maximum atomic E-state index is 12.4. The Balaban J connectivity index is 2.97. The van der Waals surface area contributed by atoms with E-state index in [1.807, 2.05) is 20.8 Å². The maximum absolute atomic E-state index is 12.4. The highest BCUT2D eigenvalue weighted by atomic mass is 16.5. The predicted octanol–water partition coefficient (Wildman–Crippen LogP) is 0.968. The van der Waals surface area contributed by atoms with Crippen LogP contribution < -0.4 is 5.73 Å². The molecule has 1 aromatic heterocycles. The number of methoxy groups -OCH3 is 1. The second-order valence-electron chi connectivity index (χ2n) is 4.82. The lowest BCUT2D eigenvalue weighted by molar-refractivity contribution is -0.141. The Labute approximate surface area is 118 Å². The minimum Gasteiger partial charge on any atom is -0.468 e. The summed E-state index contributed by atoms with van der Waals surface area (Å²) >= 11 is 0.